The van der Waals surface area contributed by atoms with Crippen molar-refractivity contribution in [2.75, 3.05) is 18.2 Å². The molecule has 0 atom stereocenters. The number of aromatic nitrogens is 5. The molecule has 3 N–H and O–H groups in total. The fraction of sp³-hybridized carbons (Fsp3) is 0.200. The second kappa shape index (κ2) is 7.52. The van der Waals surface area contributed by atoms with Crippen molar-refractivity contribution >= 4 is 22.9 Å². The average Bonchev–Trinajstić information content (AvgIpc) is 3.35. The van der Waals surface area contributed by atoms with Crippen molar-refractivity contribution in [3.05, 3.63) is 53.5 Å². The number of methoxy groups -OCH3 is 1. The normalized spacial score (nSPS) is 10.6. The van der Waals surface area contributed by atoms with Gasteiger partial charge >= 0.3 is 0 Å². The summed E-state index contributed by atoms with van der Waals surface area (Å²) < 4.78 is 12.4. The second-order valence-corrected chi connectivity index (χ2v) is 6.41. The van der Waals surface area contributed by atoms with E-state index in [-0.39, 0.29) is 5.95 Å². The number of fused-ring (bicyclic) bond motifs is 1. The Bertz CT molecular complexity index is 1230. The number of imidazole rings is 1. The average molecular weight is 389 g/mol. The van der Waals surface area contributed by atoms with Gasteiger partial charge in [-0.25, -0.2) is 4.98 Å². The molecule has 4 aromatic rings. The molecule has 0 radical (unpaired) electrons. The third kappa shape index (κ3) is 3.55. The summed E-state index contributed by atoms with van der Waals surface area (Å²) in [6.45, 7) is 4.41. The van der Waals surface area contributed by atoms with Crippen molar-refractivity contribution < 1.29 is 9.15 Å². The molecule has 0 saturated heterocycles. The van der Waals surface area contributed by atoms with E-state index in [4.69, 9.17) is 14.9 Å². The summed E-state index contributed by atoms with van der Waals surface area (Å²) in [7, 11) is 1.65. The van der Waals surface area contributed by atoms with E-state index in [1.165, 1.54) is 0 Å². The van der Waals surface area contributed by atoms with Crippen LogP contribution in [0.3, 0.4) is 0 Å². The smallest absolute Gasteiger partial charge is 0.224 e. The minimum atomic E-state index is 0.123. The Labute approximate surface area is 167 Å². The first-order chi connectivity index (χ1) is 14.1. The fourth-order valence-corrected chi connectivity index (χ4v) is 3.05. The number of rotatable bonds is 4. The van der Waals surface area contributed by atoms with Crippen LogP contribution in [0.2, 0.25) is 0 Å². The van der Waals surface area contributed by atoms with Crippen LogP contribution in [0, 0.1) is 25.8 Å². The monoisotopic (exact) mass is 389 g/mol. The van der Waals surface area contributed by atoms with Gasteiger partial charge in [-0.15, -0.1) is 0 Å². The van der Waals surface area contributed by atoms with Gasteiger partial charge in [0.1, 0.15) is 12.0 Å². The number of anilines is 2. The van der Waals surface area contributed by atoms with E-state index in [0.29, 0.717) is 23.5 Å². The summed E-state index contributed by atoms with van der Waals surface area (Å²) in [5.74, 6) is 4.30. The highest BCUT2D eigenvalue weighted by Gasteiger charge is 2.15. The molecule has 0 aliphatic heterocycles. The van der Waals surface area contributed by atoms with Crippen LogP contribution in [0.15, 0.2) is 35.5 Å². The number of nitrogen functional groups attached to an aromatic ring is 1. The van der Waals surface area contributed by atoms with E-state index in [0.717, 1.165) is 28.1 Å². The molecule has 0 aliphatic rings. The molecule has 4 rings (SSSR count). The van der Waals surface area contributed by atoms with Crippen LogP contribution in [0.5, 0.6) is 5.75 Å². The minimum Gasteiger partial charge on any atom is -0.496 e. The lowest BCUT2D eigenvalue weighted by Crippen LogP contribution is -2.07. The number of nitrogens with one attached hydrogen (secondary N) is 1. The maximum Gasteiger partial charge on any atom is 0.224 e. The predicted molar refractivity (Wildman–Crippen MR) is 108 cm³/mol. The molecular weight excluding hydrogens is 370 g/mol. The Balaban J connectivity index is 1.68. The maximum absolute atomic E-state index is 5.91. The maximum atomic E-state index is 5.91. The van der Waals surface area contributed by atoms with Crippen LogP contribution in [0.1, 0.15) is 22.4 Å². The molecule has 0 saturated carbocycles. The summed E-state index contributed by atoms with van der Waals surface area (Å²) in [5, 5.41) is 2.94. The topological polar surface area (TPSA) is 117 Å². The Morgan fingerprint density at radius 2 is 2.14 bits per heavy atom. The van der Waals surface area contributed by atoms with Crippen molar-refractivity contribution in [2.45, 2.75) is 20.4 Å². The van der Waals surface area contributed by atoms with E-state index < -0.39 is 0 Å². The summed E-state index contributed by atoms with van der Waals surface area (Å²) in [6, 6.07) is 4.59. The predicted octanol–water partition coefficient (Wildman–Crippen LogP) is 2.49. The highest BCUT2D eigenvalue weighted by Crippen LogP contribution is 2.26. The summed E-state index contributed by atoms with van der Waals surface area (Å²) in [4.78, 5) is 17.5. The Hall–Kier alpha value is -4.06. The number of hydrogen-bond acceptors (Lipinski definition) is 8. The third-order valence-corrected chi connectivity index (χ3v) is 4.46. The van der Waals surface area contributed by atoms with Gasteiger partial charge in [-0.1, -0.05) is 0 Å². The molecule has 9 heteroatoms. The lowest BCUT2D eigenvalue weighted by atomic mass is 10.1. The highest BCUT2D eigenvalue weighted by atomic mass is 16.5. The largest absolute Gasteiger partial charge is 0.496 e. The SMILES string of the molecule is COc1c(C)cnc(Cn2cnc3c(NC#Cc4ccoc4)nc(N)nc32)c1C. The van der Waals surface area contributed by atoms with Crippen molar-refractivity contribution in [1.82, 2.24) is 24.5 Å². The Kier molecular flexibility index (Phi) is 4.75. The number of furan rings is 1. The second-order valence-electron chi connectivity index (χ2n) is 6.41. The van der Waals surface area contributed by atoms with Crippen LogP contribution in [-0.4, -0.2) is 31.6 Å². The summed E-state index contributed by atoms with van der Waals surface area (Å²) >= 11 is 0. The van der Waals surface area contributed by atoms with E-state index in [2.05, 4.69) is 37.2 Å². The zero-order chi connectivity index (χ0) is 20.4. The number of pyridine rings is 1. The van der Waals surface area contributed by atoms with Gasteiger partial charge in [-0.3, -0.25) is 10.3 Å². The molecule has 0 spiro atoms. The molecule has 9 nitrogen and oxygen atoms in total. The fourth-order valence-electron chi connectivity index (χ4n) is 3.05. The first-order valence-corrected chi connectivity index (χ1v) is 8.83. The van der Waals surface area contributed by atoms with E-state index in [1.54, 1.807) is 38.2 Å². The molecule has 4 aromatic heterocycles. The molecule has 0 unspecified atom stereocenters. The molecular formula is C20H19N7O2. The molecule has 0 aliphatic carbocycles. The third-order valence-electron chi connectivity index (χ3n) is 4.46. The van der Waals surface area contributed by atoms with Gasteiger partial charge in [-0.05, 0) is 25.8 Å². The molecule has 0 amide bonds. The molecule has 0 aromatic carbocycles. The molecule has 0 fully saturated rings. The Morgan fingerprint density at radius 3 is 2.90 bits per heavy atom. The van der Waals surface area contributed by atoms with Gasteiger partial charge < -0.3 is 19.5 Å². The van der Waals surface area contributed by atoms with Crippen molar-refractivity contribution in [3.63, 3.8) is 0 Å². The number of aryl methyl sites for hydroxylation is 1. The number of hydrogen-bond donors (Lipinski definition) is 2. The van der Waals surface area contributed by atoms with Crippen LogP contribution < -0.4 is 15.8 Å². The van der Waals surface area contributed by atoms with Gasteiger partial charge in [0.2, 0.25) is 5.95 Å². The van der Waals surface area contributed by atoms with Crippen molar-refractivity contribution in [1.29, 1.82) is 0 Å². The number of ether oxygens (including phenoxy) is 1. The van der Waals surface area contributed by atoms with Crippen LogP contribution >= 0.6 is 0 Å². The van der Waals surface area contributed by atoms with E-state index in [1.807, 2.05) is 18.4 Å². The molecule has 146 valence electrons. The number of nitrogens with two attached hydrogens (primary N) is 1. The van der Waals surface area contributed by atoms with E-state index in [9.17, 15) is 0 Å². The van der Waals surface area contributed by atoms with Crippen LogP contribution in [0.25, 0.3) is 11.2 Å². The first kappa shape index (κ1) is 18.3. The minimum absolute atomic E-state index is 0.123. The molecule has 4 heterocycles. The van der Waals surface area contributed by atoms with Gasteiger partial charge in [0.05, 0.1) is 37.5 Å². The van der Waals surface area contributed by atoms with Crippen molar-refractivity contribution in [2.24, 2.45) is 0 Å². The Morgan fingerprint density at radius 1 is 1.28 bits per heavy atom. The van der Waals surface area contributed by atoms with Gasteiger partial charge in [0.25, 0.3) is 0 Å². The van der Waals surface area contributed by atoms with Gasteiger partial charge in [0, 0.05) is 23.4 Å². The van der Waals surface area contributed by atoms with E-state index >= 15 is 0 Å². The highest BCUT2D eigenvalue weighted by molar-refractivity contribution is 5.85. The standard InChI is InChI=1S/C20H19N7O2/c1-12-8-23-15(13(2)17(12)28-3)9-27-11-24-16-18(25-20(21)26-19(16)27)22-6-4-14-5-7-29-10-14/h5,7-8,10-11H,9H2,1-3H3,(H3,21,22,25,26). The molecule has 29 heavy (non-hydrogen) atoms. The lowest BCUT2D eigenvalue weighted by Gasteiger charge is -2.13. The van der Waals surface area contributed by atoms with Crippen molar-refractivity contribution in [3.8, 4) is 17.7 Å². The zero-order valence-corrected chi connectivity index (χ0v) is 16.2. The first-order valence-electron chi connectivity index (χ1n) is 8.83. The van der Waals surface area contributed by atoms with Gasteiger partial charge in [0.15, 0.2) is 17.0 Å². The van der Waals surface area contributed by atoms with Gasteiger partial charge in [-0.2, -0.15) is 9.97 Å². The molecule has 0 bridgehead atoms. The number of nitrogens with zero attached hydrogens (tertiary/aromatic N) is 5. The lowest BCUT2D eigenvalue weighted by molar-refractivity contribution is 0.406. The van der Waals surface area contributed by atoms with Crippen LogP contribution in [0.4, 0.5) is 11.8 Å². The zero-order valence-electron chi connectivity index (χ0n) is 16.2. The quantitative estimate of drug-likeness (QED) is 0.404. The summed E-state index contributed by atoms with van der Waals surface area (Å²) in [6.07, 6.45) is 6.59. The van der Waals surface area contributed by atoms with Crippen LogP contribution in [-0.2, 0) is 6.54 Å². The summed E-state index contributed by atoms with van der Waals surface area (Å²) in [5.41, 5.74) is 10.6.